The molecule has 0 saturated carbocycles. The van der Waals surface area contributed by atoms with Crippen LogP contribution in [0.25, 0.3) is 0 Å². The van der Waals surface area contributed by atoms with E-state index in [1.165, 1.54) is 0 Å². The van der Waals surface area contributed by atoms with Gasteiger partial charge in [-0.1, -0.05) is 98.9 Å². The number of carbonyl (C=O) groups excluding carboxylic acids is 2. The first-order valence-electron chi connectivity index (χ1n) is 22.7. The van der Waals surface area contributed by atoms with Crippen LogP contribution in [0.4, 0.5) is 0 Å². The van der Waals surface area contributed by atoms with Gasteiger partial charge in [-0.15, -0.1) is 0 Å². The first-order chi connectivity index (χ1) is 31.2. The highest BCUT2D eigenvalue weighted by Crippen LogP contribution is 2.38. The van der Waals surface area contributed by atoms with Crippen molar-refractivity contribution in [2.24, 2.45) is 23.5 Å². The fourth-order valence-corrected chi connectivity index (χ4v) is 8.09. The number of fused-ring (bicyclic) bond motifs is 2. The average molecular weight is 938 g/mol. The fourth-order valence-electron chi connectivity index (χ4n) is 8.09. The van der Waals surface area contributed by atoms with E-state index in [-0.39, 0.29) is 31.6 Å². The van der Waals surface area contributed by atoms with Gasteiger partial charge in [0.15, 0.2) is 12.1 Å². The smallest absolute Gasteiger partial charge is 0.313 e. The van der Waals surface area contributed by atoms with E-state index >= 15 is 0 Å². The van der Waals surface area contributed by atoms with Crippen LogP contribution < -0.4 is 5.73 Å². The van der Waals surface area contributed by atoms with Gasteiger partial charge in [0.05, 0.1) is 86.7 Å². The van der Waals surface area contributed by atoms with Gasteiger partial charge in [-0.25, -0.2) is 0 Å². The number of rotatable bonds is 3. The summed E-state index contributed by atoms with van der Waals surface area (Å²) in [5, 5.41) is 109. The first kappa shape index (κ1) is 56.9. The van der Waals surface area contributed by atoms with Gasteiger partial charge in [0.25, 0.3) is 0 Å². The summed E-state index contributed by atoms with van der Waals surface area (Å²) in [6.07, 6.45) is 4.50. The summed E-state index contributed by atoms with van der Waals surface area (Å²) in [5.41, 5.74) is 6.05. The number of cyclic esters (lactones) is 1. The van der Waals surface area contributed by atoms with Gasteiger partial charge in [0.1, 0.15) is 18.1 Å². The number of carbonyl (C=O) groups is 2. The molecule has 0 spiro atoms. The molecule has 374 valence electrons. The zero-order valence-corrected chi connectivity index (χ0v) is 38.5. The molecule has 66 heavy (non-hydrogen) atoms. The van der Waals surface area contributed by atoms with Crippen LogP contribution in [-0.2, 0) is 33.3 Å². The van der Waals surface area contributed by atoms with Gasteiger partial charge in [-0.05, 0) is 33.1 Å². The molecule has 3 aliphatic rings. The number of aliphatic hydroxyl groups is 10. The molecule has 0 radical (unpaired) electrons. The third kappa shape index (κ3) is 18.6. The lowest BCUT2D eigenvalue weighted by atomic mass is 9.82. The Labute approximate surface area is 387 Å². The maximum atomic E-state index is 13.1. The lowest BCUT2D eigenvalue weighted by molar-refractivity contribution is -0.308. The minimum atomic E-state index is -2.27. The van der Waals surface area contributed by atoms with Gasteiger partial charge in [0, 0.05) is 37.5 Å². The van der Waals surface area contributed by atoms with Gasteiger partial charge >= 0.3 is 11.9 Å². The molecule has 2 bridgehead atoms. The number of aliphatic hydroxyl groups excluding tert-OH is 9. The maximum Gasteiger partial charge on any atom is 0.313 e. The first-order valence-corrected chi connectivity index (χ1v) is 22.7. The molecule has 0 aromatic heterocycles. The Balaban J connectivity index is 1.88. The summed E-state index contributed by atoms with van der Waals surface area (Å²) in [7, 11) is 1.12. The SMILES string of the molecule is COC(=O)[C@H]1[C@@H]2C[C@@H](O[C@@H]3O[C@H](C)[C@@H](O)[C@H](N)[C@@H]3O)/C=C/C=C/C=C/C=C/C=C/C=C/C=C/[C@H](C)[C@@H](O)[C@@H](C)[C@H](C)OC(=O)C[C@H](O)C[C@H](O)CC[C@@H](O)[C@H](O)C[C@H](O)C[C@](O)(C[C@@H]1O)O2. The Hall–Kier alpha value is -3.44. The molecule has 12 N–H and O–H groups in total. The minimum absolute atomic E-state index is 0.0949. The predicted octanol–water partition coefficient (Wildman–Crippen LogP) is 0.800. The Morgan fingerprint density at radius 2 is 1.24 bits per heavy atom. The van der Waals surface area contributed by atoms with Crippen LogP contribution in [0, 0.1) is 17.8 Å². The predicted molar refractivity (Wildman–Crippen MR) is 241 cm³/mol. The van der Waals surface area contributed by atoms with E-state index in [0.717, 1.165) is 7.11 Å². The molecule has 3 aliphatic heterocycles. The van der Waals surface area contributed by atoms with Crippen LogP contribution in [0.15, 0.2) is 85.1 Å². The standard InChI is InChI=1S/C48H75NO17/c1-28-18-16-14-12-10-8-6-7-9-11-13-15-17-19-35(65-47-45(59)42(49)44(58)31(4)64-47)25-39-41(46(60)62-5)38(55)27-48(61,66-39)26-34(52)23-37(54)36(53)21-20-32(50)22-33(51)24-40(56)63-30(3)29(2)43(28)57/h6-19,28-39,41-45,47,50-55,57-59,61H,20-27,49H2,1-5H3/b7-6+,10-8+,11-9+,14-12+,15-13+,18-16+,19-17+/t28-,29-,30-,31+,32+,33+,34-,35-,36+,37+,38-,39-,41+,42-,43+,44+,45-,47-,48+/m0/s1. The van der Waals surface area contributed by atoms with Crippen LogP contribution >= 0.6 is 0 Å². The van der Waals surface area contributed by atoms with Crippen molar-refractivity contribution in [2.45, 2.75) is 177 Å². The van der Waals surface area contributed by atoms with Crippen molar-refractivity contribution < 1.29 is 84.3 Å². The molecular weight excluding hydrogens is 863 g/mol. The zero-order valence-electron chi connectivity index (χ0n) is 38.5. The quantitative estimate of drug-likeness (QED) is 0.174. The van der Waals surface area contributed by atoms with Crippen LogP contribution in [0.5, 0.6) is 0 Å². The summed E-state index contributed by atoms with van der Waals surface area (Å²) in [6, 6.07) is -1.13. The van der Waals surface area contributed by atoms with Crippen LogP contribution in [0.3, 0.4) is 0 Å². The number of ether oxygens (including phenoxy) is 5. The van der Waals surface area contributed by atoms with E-state index in [1.807, 2.05) is 37.3 Å². The molecule has 2 fully saturated rings. The number of esters is 2. The monoisotopic (exact) mass is 938 g/mol. The summed E-state index contributed by atoms with van der Waals surface area (Å²) in [5.74, 6) is -5.93. The molecule has 19 atom stereocenters. The van der Waals surface area contributed by atoms with E-state index in [2.05, 4.69) is 0 Å². The topological polar surface area (TPSA) is 309 Å². The number of methoxy groups -OCH3 is 1. The van der Waals surface area contributed by atoms with Crippen molar-refractivity contribution in [1.82, 2.24) is 0 Å². The highest BCUT2D eigenvalue weighted by Gasteiger charge is 2.51. The fraction of sp³-hybridized carbons (Fsp3) is 0.667. The van der Waals surface area contributed by atoms with Crippen molar-refractivity contribution in [3.63, 3.8) is 0 Å². The number of allylic oxidation sites excluding steroid dienone is 12. The van der Waals surface area contributed by atoms with Crippen LogP contribution in [0.1, 0.15) is 79.1 Å². The van der Waals surface area contributed by atoms with Crippen molar-refractivity contribution >= 4 is 11.9 Å². The zero-order chi connectivity index (χ0) is 49.1. The van der Waals surface area contributed by atoms with Gasteiger partial charge in [-0.3, -0.25) is 9.59 Å². The second kappa shape index (κ2) is 28.1. The van der Waals surface area contributed by atoms with Gasteiger partial charge in [0.2, 0.25) is 0 Å². The molecule has 3 heterocycles. The third-order valence-electron chi connectivity index (χ3n) is 12.2. The summed E-state index contributed by atoms with van der Waals surface area (Å²) in [4.78, 5) is 25.7. The van der Waals surface area contributed by atoms with Crippen molar-refractivity contribution in [3.8, 4) is 0 Å². The number of hydrogen-bond donors (Lipinski definition) is 11. The summed E-state index contributed by atoms with van der Waals surface area (Å²) < 4.78 is 28.4. The van der Waals surface area contributed by atoms with Gasteiger partial charge in [-0.2, -0.15) is 0 Å². The van der Waals surface area contributed by atoms with E-state index in [4.69, 9.17) is 29.4 Å². The highest BCUT2D eigenvalue weighted by atomic mass is 16.7. The molecule has 3 rings (SSSR count). The van der Waals surface area contributed by atoms with E-state index in [9.17, 15) is 60.7 Å². The number of hydrogen-bond acceptors (Lipinski definition) is 18. The lowest BCUT2D eigenvalue weighted by Gasteiger charge is -2.45. The molecule has 18 heteroatoms. The molecule has 0 amide bonds. The third-order valence-corrected chi connectivity index (χ3v) is 12.2. The molecule has 0 aliphatic carbocycles. The number of nitrogens with two attached hydrogens (primary N) is 1. The molecule has 0 aromatic rings. The van der Waals surface area contributed by atoms with Crippen LogP contribution in [-0.4, -0.2) is 168 Å². The second-order valence-corrected chi connectivity index (χ2v) is 17.8. The summed E-state index contributed by atoms with van der Waals surface area (Å²) >= 11 is 0. The largest absolute Gasteiger partial charge is 0.469 e. The van der Waals surface area contributed by atoms with Crippen molar-refractivity contribution in [3.05, 3.63) is 85.1 Å². The molecular formula is C48H75NO17. The molecule has 18 nitrogen and oxygen atoms in total. The van der Waals surface area contributed by atoms with E-state index < -0.39 is 147 Å². The Bertz CT molecular complexity index is 1680. The summed E-state index contributed by atoms with van der Waals surface area (Å²) in [6.45, 7) is 6.78. The molecule has 0 aromatic carbocycles. The normalized spacial score (nSPS) is 44.9. The molecule has 0 unspecified atom stereocenters. The Kier molecular flexibility index (Phi) is 24.3. The van der Waals surface area contributed by atoms with Crippen molar-refractivity contribution in [2.75, 3.05) is 7.11 Å². The highest BCUT2D eigenvalue weighted by molar-refractivity contribution is 5.74. The maximum absolute atomic E-state index is 13.1. The minimum Gasteiger partial charge on any atom is -0.469 e. The second-order valence-electron chi connectivity index (χ2n) is 17.8. The van der Waals surface area contributed by atoms with Crippen molar-refractivity contribution in [1.29, 1.82) is 0 Å². The van der Waals surface area contributed by atoms with Crippen LogP contribution in [0.2, 0.25) is 0 Å². The molecule has 2 saturated heterocycles. The van der Waals surface area contributed by atoms with E-state index in [0.29, 0.717) is 0 Å². The van der Waals surface area contributed by atoms with E-state index in [1.54, 1.807) is 75.5 Å². The van der Waals surface area contributed by atoms with Gasteiger partial charge < -0.3 is 80.5 Å². The lowest BCUT2D eigenvalue weighted by Crippen LogP contribution is -2.61. The average Bonchev–Trinajstić information content (AvgIpc) is 3.24. The Morgan fingerprint density at radius 3 is 1.83 bits per heavy atom. The Morgan fingerprint density at radius 1 is 0.667 bits per heavy atom.